The summed E-state index contributed by atoms with van der Waals surface area (Å²) in [7, 11) is 0. The smallest absolute Gasteiger partial charge is 0.410 e. The standard InChI is InChI=1S/C22H30N6O3/c1-22(2,3)31-21(30)27-13-9-18-24-25-19(28(18)15-14-27)16-7-11-26(12-8-16)20(29)17-6-4-5-10-23-17/h4-6,10,16H,7-9,11-15H2,1-3H3. The number of hydrogen-bond donors (Lipinski definition) is 0. The third kappa shape index (κ3) is 4.86. The summed E-state index contributed by atoms with van der Waals surface area (Å²) in [6.07, 6.45) is 3.70. The number of carbonyl (C=O) groups is 2. The maximum atomic E-state index is 12.7. The molecule has 2 aliphatic heterocycles. The largest absolute Gasteiger partial charge is 0.444 e. The normalized spacial score (nSPS) is 17.8. The molecule has 31 heavy (non-hydrogen) atoms. The zero-order valence-electron chi connectivity index (χ0n) is 18.5. The Hall–Kier alpha value is -2.97. The molecule has 2 amide bonds. The first kappa shape index (κ1) is 21.3. The van der Waals surface area contributed by atoms with Crippen LogP contribution >= 0.6 is 0 Å². The summed E-state index contributed by atoms with van der Waals surface area (Å²) in [5, 5.41) is 8.89. The Balaban J connectivity index is 1.38. The third-order valence-electron chi connectivity index (χ3n) is 5.74. The number of rotatable bonds is 2. The van der Waals surface area contributed by atoms with E-state index in [1.54, 1.807) is 17.2 Å². The van der Waals surface area contributed by atoms with E-state index in [0.717, 1.165) is 24.5 Å². The molecular formula is C22H30N6O3. The molecule has 0 aliphatic carbocycles. The van der Waals surface area contributed by atoms with Crippen LogP contribution in [0.25, 0.3) is 0 Å². The molecule has 4 heterocycles. The van der Waals surface area contributed by atoms with Gasteiger partial charge in [-0.3, -0.25) is 9.78 Å². The van der Waals surface area contributed by atoms with Gasteiger partial charge in [0.2, 0.25) is 0 Å². The van der Waals surface area contributed by atoms with E-state index in [0.29, 0.717) is 44.8 Å². The van der Waals surface area contributed by atoms with Gasteiger partial charge in [0, 0.05) is 51.3 Å². The van der Waals surface area contributed by atoms with Gasteiger partial charge in [0.05, 0.1) is 0 Å². The molecule has 2 aliphatic rings. The highest BCUT2D eigenvalue weighted by atomic mass is 16.6. The minimum absolute atomic E-state index is 0.0212. The number of carbonyl (C=O) groups excluding carboxylic acids is 2. The van der Waals surface area contributed by atoms with Crippen molar-refractivity contribution in [2.75, 3.05) is 26.2 Å². The van der Waals surface area contributed by atoms with Crippen LogP contribution in [0, 0.1) is 0 Å². The van der Waals surface area contributed by atoms with E-state index < -0.39 is 5.60 Å². The van der Waals surface area contributed by atoms with Crippen molar-refractivity contribution in [2.45, 2.75) is 58.1 Å². The molecule has 0 bridgehead atoms. The molecular weight excluding hydrogens is 396 g/mol. The van der Waals surface area contributed by atoms with E-state index in [9.17, 15) is 9.59 Å². The highest BCUT2D eigenvalue weighted by molar-refractivity contribution is 5.92. The van der Waals surface area contributed by atoms with E-state index in [1.807, 2.05) is 37.8 Å². The third-order valence-corrected chi connectivity index (χ3v) is 5.74. The van der Waals surface area contributed by atoms with Gasteiger partial charge >= 0.3 is 6.09 Å². The van der Waals surface area contributed by atoms with Crippen molar-refractivity contribution in [3.05, 3.63) is 41.7 Å². The predicted molar refractivity (Wildman–Crippen MR) is 114 cm³/mol. The number of hydrogen-bond acceptors (Lipinski definition) is 6. The van der Waals surface area contributed by atoms with Crippen LogP contribution < -0.4 is 0 Å². The van der Waals surface area contributed by atoms with Gasteiger partial charge in [-0.05, 0) is 45.7 Å². The van der Waals surface area contributed by atoms with Crippen molar-refractivity contribution < 1.29 is 14.3 Å². The van der Waals surface area contributed by atoms with Crippen molar-refractivity contribution in [1.82, 2.24) is 29.5 Å². The Morgan fingerprint density at radius 2 is 1.77 bits per heavy atom. The minimum atomic E-state index is -0.510. The lowest BCUT2D eigenvalue weighted by Crippen LogP contribution is -2.39. The van der Waals surface area contributed by atoms with Crippen LogP contribution in [0.15, 0.2) is 24.4 Å². The molecule has 0 spiro atoms. The Bertz CT molecular complexity index is 928. The number of pyridine rings is 1. The minimum Gasteiger partial charge on any atom is -0.444 e. The second-order valence-electron chi connectivity index (χ2n) is 9.12. The van der Waals surface area contributed by atoms with E-state index in [2.05, 4.69) is 19.7 Å². The zero-order chi connectivity index (χ0) is 22.0. The number of likely N-dealkylation sites (tertiary alicyclic amines) is 1. The molecule has 1 saturated heterocycles. The van der Waals surface area contributed by atoms with Gasteiger partial charge < -0.3 is 19.1 Å². The molecule has 0 atom stereocenters. The fraction of sp³-hybridized carbons (Fsp3) is 0.591. The van der Waals surface area contributed by atoms with Gasteiger partial charge in [-0.1, -0.05) is 6.07 Å². The van der Waals surface area contributed by atoms with Gasteiger partial charge in [-0.25, -0.2) is 4.79 Å². The summed E-state index contributed by atoms with van der Waals surface area (Å²) in [5.74, 6) is 2.10. The molecule has 0 saturated carbocycles. The quantitative estimate of drug-likeness (QED) is 0.732. The molecule has 0 aromatic carbocycles. The second-order valence-corrected chi connectivity index (χ2v) is 9.12. The highest BCUT2D eigenvalue weighted by Gasteiger charge is 2.31. The van der Waals surface area contributed by atoms with E-state index in [4.69, 9.17) is 4.74 Å². The van der Waals surface area contributed by atoms with Crippen LogP contribution in [-0.4, -0.2) is 73.3 Å². The SMILES string of the molecule is CC(C)(C)OC(=O)N1CCc2nnc(C3CCN(C(=O)c4ccccn4)CC3)n2CC1. The van der Waals surface area contributed by atoms with Gasteiger partial charge in [0.1, 0.15) is 22.9 Å². The first-order valence-electron chi connectivity index (χ1n) is 10.9. The number of ether oxygens (including phenoxy) is 1. The molecule has 9 heteroatoms. The number of aromatic nitrogens is 4. The lowest BCUT2D eigenvalue weighted by atomic mass is 9.95. The topological polar surface area (TPSA) is 93.4 Å². The average Bonchev–Trinajstić information content (AvgIpc) is 3.03. The van der Waals surface area contributed by atoms with Gasteiger partial charge in [0.15, 0.2) is 0 Å². The number of piperidine rings is 1. The van der Waals surface area contributed by atoms with Crippen molar-refractivity contribution in [3.8, 4) is 0 Å². The molecule has 2 aromatic rings. The maximum absolute atomic E-state index is 12.7. The van der Waals surface area contributed by atoms with Crippen LogP contribution in [-0.2, 0) is 17.7 Å². The van der Waals surface area contributed by atoms with Gasteiger partial charge in [-0.2, -0.15) is 0 Å². The number of fused-ring (bicyclic) bond motifs is 1. The summed E-state index contributed by atoms with van der Waals surface area (Å²) >= 11 is 0. The average molecular weight is 427 g/mol. The molecule has 1 fully saturated rings. The molecule has 0 unspecified atom stereocenters. The maximum Gasteiger partial charge on any atom is 0.410 e. The van der Waals surface area contributed by atoms with Crippen molar-refractivity contribution in [3.63, 3.8) is 0 Å². The predicted octanol–water partition coefficient (Wildman–Crippen LogP) is 2.49. The fourth-order valence-electron chi connectivity index (χ4n) is 4.15. The Kier molecular flexibility index (Phi) is 5.93. The first-order valence-corrected chi connectivity index (χ1v) is 10.9. The number of nitrogens with zero attached hydrogens (tertiary/aromatic N) is 6. The van der Waals surface area contributed by atoms with Crippen LogP contribution in [0.5, 0.6) is 0 Å². The Morgan fingerprint density at radius 3 is 2.45 bits per heavy atom. The summed E-state index contributed by atoms with van der Waals surface area (Å²) < 4.78 is 7.68. The number of amides is 2. The molecule has 0 radical (unpaired) electrons. The molecule has 166 valence electrons. The fourth-order valence-corrected chi connectivity index (χ4v) is 4.15. The summed E-state index contributed by atoms with van der Waals surface area (Å²) in [4.78, 5) is 32.9. The Morgan fingerprint density at radius 1 is 1.00 bits per heavy atom. The monoisotopic (exact) mass is 426 g/mol. The van der Waals surface area contributed by atoms with Crippen molar-refractivity contribution in [2.24, 2.45) is 0 Å². The lowest BCUT2D eigenvalue weighted by molar-refractivity contribution is 0.0253. The van der Waals surface area contributed by atoms with Crippen molar-refractivity contribution >= 4 is 12.0 Å². The summed E-state index contributed by atoms with van der Waals surface area (Å²) in [6, 6.07) is 5.40. The molecule has 2 aromatic heterocycles. The molecule has 0 N–H and O–H groups in total. The van der Waals surface area contributed by atoms with Crippen LogP contribution in [0.1, 0.15) is 61.7 Å². The highest BCUT2D eigenvalue weighted by Crippen LogP contribution is 2.28. The lowest BCUT2D eigenvalue weighted by Gasteiger charge is -2.31. The van der Waals surface area contributed by atoms with Crippen molar-refractivity contribution in [1.29, 1.82) is 0 Å². The van der Waals surface area contributed by atoms with Crippen LogP contribution in [0.4, 0.5) is 4.79 Å². The first-order chi connectivity index (χ1) is 14.8. The van der Waals surface area contributed by atoms with Gasteiger partial charge in [-0.15, -0.1) is 10.2 Å². The Labute approximate surface area is 182 Å². The second kappa shape index (κ2) is 8.64. The molecule has 9 nitrogen and oxygen atoms in total. The van der Waals surface area contributed by atoms with E-state index >= 15 is 0 Å². The van der Waals surface area contributed by atoms with Gasteiger partial charge in [0.25, 0.3) is 5.91 Å². The van der Waals surface area contributed by atoms with E-state index in [-0.39, 0.29) is 17.9 Å². The summed E-state index contributed by atoms with van der Waals surface area (Å²) in [6.45, 7) is 8.78. The van der Waals surface area contributed by atoms with Crippen LogP contribution in [0.2, 0.25) is 0 Å². The summed E-state index contributed by atoms with van der Waals surface area (Å²) in [5.41, 5.74) is -0.0239. The van der Waals surface area contributed by atoms with Crippen LogP contribution in [0.3, 0.4) is 0 Å². The zero-order valence-corrected chi connectivity index (χ0v) is 18.5. The molecule has 4 rings (SSSR count). The van der Waals surface area contributed by atoms with E-state index in [1.165, 1.54) is 0 Å².